The largest absolute Gasteiger partial charge is 0.418 e. The van der Waals surface area contributed by atoms with E-state index in [1.54, 1.807) is 0 Å². The van der Waals surface area contributed by atoms with Gasteiger partial charge < -0.3 is 20.1 Å². The van der Waals surface area contributed by atoms with E-state index in [0.29, 0.717) is 0 Å². The van der Waals surface area contributed by atoms with Crippen molar-refractivity contribution in [2.24, 2.45) is 0 Å². The van der Waals surface area contributed by atoms with Gasteiger partial charge >= 0.3 is 6.18 Å². The standard InChI is InChI=1S/C13H14F3N3O4/c1-5-2-6(13(14,15)16)8-11(18-5)19(4-17-8)12-10(22)9(21)7(3-20)23-12/h2,4,7,9-10,12,20-22H,3H2,1H3/t7-,9-,10-,12-/m1/s1. The molecule has 2 aromatic heterocycles. The topological polar surface area (TPSA) is 101 Å². The zero-order chi connectivity index (χ0) is 16.9. The number of fused-ring (bicyclic) bond motifs is 1. The van der Waals surface area contributed by atoms with E-state index in [1.807, 2.05) is 0 Å². The summed E-state index contributed by atoms with van der Waals surface area (Å²) in [5.41, 5.74) is -1.31. The van der Waals surface area contributed by atoms with Gasteiger partial charge in [0.05, 0.1) is 18.5 Å². The molecule has 3 N–H and O–H groups in total. The Kier molecular flexibility index (Phi) is 3.79. The molecule has 3 heterocycles. The summed E-state index contributed by atoms with van der Waals surface area (Å²) in [5.74, 6) is 0. The fourth-order valence-electron chi connectivity index (χ4n) is 2.64. The molecule has 0 spiro atoms. The van der Waals surface area contributed by atoms with Gasteiger partial charge in [0.2, 0.25) is 0 Å². The van der Waals surface area contributed by atoms with Crippen LogP contribution in [0.3, 0.4) is 0 Å². The quantitative estimate of drug-likeness (QED) is 0.734. The number of alkyl halides is 3. The van der Waals surface area contributed by atoms with Gasteiger partial charge in [-0.2, -0.15) is 13.2 Å². The van der Waals surface area contributed by atoms with Crippen LogP contribution in [-0.2, 0) is 10.9 Å². The molecule has 0 saturated carbocycles. The van der Waals surface area contributed by atoms with Gasteiger partial charge in [-0.15, -0.1) is 0 Å². The molecule has 1 aliphatic rings. The summed E-state index contributed by atoms with van der Waals surface area (Å²) in [6.45, 7) is 0.866. The van der Waals surface area contributed by atoms with Crippen molar-refractivity contribution in [3.63, 3.8) is 0 Å². The first-order valence-electron chi connectivity index (χ1n) is 6.78. The minimum Gasteiger partial charge on any atom is -0.394 e. The van der Waals surface area contributed by atoms with Gasteiger partial charge in [0.25, 0.3) is 0 Å². The Morgan fingerprint density at radius 2 is 2.00 bits per heavy atom. The van der Waals surface area contributed by atoms with Crippen LogP contribution in [0.15, 0.2) is 12.4 Å². The van der Waals surface area contributed by atoms with Crippen molar-refractivity contribution in [1.82, 2.24) is 14.5 Å². The Hall–Kier alpha value is -1.75. The van der Waals surface area contributed by atoms with Crippen molar-refractivity contribution in [2.75, 3.05) is 6.61 Å². The summed E-state index contributed by atoms with van der Waals surface area (Å²) in [6.07, 6.45) is -8.57. The van der Waals surface area contributed by atoms with E-state index < -0.39 is 42.9 Å². The van der Waals surface area contributed by atoms with Gasteiger partial charge in [-0.3, -0.25) is 4.57 Å². The smallest absolute Gasteiger partial charge is 0.394 e. The van der Waals surface area contributed by atoms with Gasteiger partial charge in [0, 0.05) is 5.69 Å². The first-order chi connectivity index (χ1) is 10.7. The minimum atomic E-state index is -4.60. The van der Waals surface area contributed by atoms with Crippen molar-refractivity contribution in [2.45, 2.75) is 37.6 Å². The third-order valence-corrected chi connectivity index (χ3v) is 3.75. The summed E-state index contributed by atoms with van der Waals surface area (Å²) < 4.78 is 45.8. The Morgan fingerprint density at radius 1 is 1.30 bits per heavy atom. The first kappa shape index (κ1) is 16.1. The Labute approximate surface area is 128 Å². The number of aliphatic hydroxyl groups excluding tert-OH is 3. The summed E-state index contributed by atoms with van der Waals surface area (Å²) >= 11 is 0. The average Bonchev–Trinajstić information content (AvgIpc) is 3.00. The van der Waals surface area contributed by atoms with E-state index in [4.69, 9.17) is 9.84 Å². The number of ether oxygens (including phenoxy) is 1. The highest BCUT2D eigenvalue weighted by atomic mass is 19.4. The highest BCUT2D eigenvalue weighted by molar-refractivity contribution is 5.76. The Bertz CT molecular complexity index is 733. The molecule has 23 heavy (non-hydrogen) atoms. The number of hydrogen-bond acceptors (Lipinski definition) is 6. The normalized spacial score (nSPS) is 28.7. The second-order valence-electron chi connectivity index (χ2n) is 5.36. The molecular weight excluding hydrogens is 319 g/mol. The molecular formula is C13H14F3N3O4. The molecule has 2 aromatic rings. The lowest BCUT2D eigenvalue weighted by Gasteiger charge is -2.17. The molecule has 0 aliphatic carbocycles. The molecule has 0 unspecified atom stereocenters. The number of aryl methyl sites for hydroxylation is 1. The van der Waals surface area contributed by atoms with Crippen molar-refractivity contribution < 1.29 is 33.2 Å². The fourth-order valence-corrected chi connectivity index (χ4v) is 2.64. The van der Waals surface area contributed by atoms with Gasteiger partial charge in [-0.05, 0) is 13.0 Å². The van der Waals surface area contributed by atoms with Crippen LogP contribution in [0.25, 0.3) is 11.2 Å². The van der Waals surface area contributed by atoms with Gasteiger partial charge in [0.15, 0.2) is 11.9 Å². The molecule has 0 bridgehead atoms. The lowest BCUT2D eigenvalue weighted by molar-refractivity contribution is -0.136. The van der Waals surface area contributed by atoms with Crippen LogP contribution in [0.4, 0.5) is 13.2 Å². The van der Waals surface area contributed by atoms with Crippen LogP contribution in [0.1, 0.15) is 17.5 Å². The summed E-state index contributed by atoms with van der Waals surface area (Å²) in [4.78, 5) is 7.76. The molecule has 10 heteroatoms. The Balaban J connectivity index is 2.12. The van der Waals surface area contributed by atoms with E-state index in [1.165, 1.54) is 6.92 Å². The predicted octanol–water partition coefficient (Wildman–Crippen LogP) is 0.370. The van der Waals surface area contributed by atoms with E-state index in [2.05, 4.69) is 9.97 Å². The highest BCUT2D eigenvalue weighted by Gasteiger charge is 2.44. The van der Waals surface area contributed by atoms with Crippen LogP contribution in [0.2, 0.25) is 0 Å². The maximum Gasteiger partial charge on any atom is 0.418 e. The van der Waals surface area contributed by atoms with Gasteiger partial charge in [0.1, 0.15) is 23.8 Å². The number of aromatic nitrogens is 3. The number of aliphatic hydroxyl groups is 3. The zero-order valence-electron chi connectivity index (χ0n) is 11.9. The third-order valence-electron chi connectivity index (χ3n) is 3.75. The van der Waals surface area contributed by atoms with Crippen molar-refractivity contribution in [1.29, 1.82) is 0 Å². The molecule has 1 saturated heterocycles. The molecule has 4 atom stereocenters. The summed E-state index contributed by atoms with van der Waals surface area (Å²) in [6, 6.07) is 0.886. The highest BCUT2D eigenvalue weighted by Crippen LogP contribution is 2.36. The van der Waals surface area contributed by atoms with Gasteiger partial charge in [-0.25, -0.2) is 9.97 Å². The molecule has 1 aliphatic heterocycles. The monoisotopic (exact) mass is 333 g/mol. The van der Waals surface area contributed by atoms with Crippen LogP contribution in [0.5, 0.6) is 0 Å². The Morgan fingerprint density at radius 3 is 2.57 bits per heavy atom. The van der Waals surface area contributed by atoms with E-state index in [-0.39, 0.29) is 16.9 Å². The minimum absolute atomic E-state index is 0.118. The number of pyridine rings is 1. The van der Waals surface area contributed by atoms with E-state index >= 15 is 0 Å². The van der Waals surface area contributed by atoms with Gasteiger partial charge in [-0.1, -0.05) is 0 Å². The van der Waals surface area contributed by atoms with Crippen LogP contribution in [-0.4, -0.2) is 54.8 Å². The molecule has 1 fully saturated rings. The van der Waals surface area contributed by atoms with Crippen LogP contribution < -0.4 is 0 Å². The average molecular weight is 333 g/mol. The lowest BCUT2D eigenvalue weighted by Crippen LogP contribution is -2.33. The SMILES string of the molecule is Cc1cc(C(F)(F)F)c2ncn([C@@H]3O[C@H](CO)[C@@H](O)[C@H]3O)c2n1. The lowest BCUT2D eigenvalue weighted by atomic mass is 10.1. The molecule has 7 nitrogen and oxygen atoms in total. The predicted molar refractivity (Wildman–Crippen MR) is 70.3 cm³/mol. The van der Waals surface area contributed by atoms with E-state index in [0.717, 1.165) is 17.0 Å². The van der Waals surface area contributed by atoms with Crippen LogP contribution in [0, 0.1) is 6.92 Å². The maximum absolute atomic E-state index is 13.1. The molecule has 0 amide bonds. The number of halogens is 3. The van der Waals surface area contributed by atoms with E-state index in [9.17, 15) is 23.4 Å². The number of nitrogens with zero attached hydrogens (tertiary/aromatic N) is 3. The second-order valence-corrected chi connectivity index (χ2v) is 5.36. The number of hydrogen-bond donors (Lipinski definition) is 3. The van der Waals surface area contributed by atoms with Crippen molar-refractivity contribution >= 4 is 11.2 Å². The maximum atomic E-state index is 13.1. The van der Waals surface area contributed by atoms with Crippen molar-refractivity contribution in [3.8, 4) is 0 Å². The van der Waals surface area contributed by atoms with Crippen LogP contribution >= 0.6 is 0 Å². The number of rotatable bonds is 2. The fraction of sp³-hybridized carbons (Fsp3) is 0.538. The summed E-state index contributed by atoms with van der Waals surface area (Å²) in [7, 11) is 0. The number of imidazole rings is 1. The molecule has 126 valence electrons. The molecule has 3 rings (SSSR count). The third kappa shape index (κ3) is 2.57. The molecule has 0 radical (unpaired) electrons. The molecule has 0 aromatic carbocycles. The van der Waals surface area contributed by atoms with Crippen molar-refractivity contribution in [3.05, 3.63) is 23.7 Å². The first-order valence-corrected chi connectivity index (χ1v) is 6.78. The second kappa shape index (κ2) is 5.41. The summed E-state index contributed by atoms with van der Waals surface area (Å²) in [5, 5.41) is 28.9. The zero-order valence-corrected chi connectivity index (χ0v) is 11.9.